The summed E-state index contributed by atoms with van der Waals surface area (Å²) in [5, 5.41) is 15.4. The van der Waals surface area contributed by atoms with Crippen molar-refractivity contribution in [2.45, 2.75) is 65.0 Å². The second kappa shape index (κ2) is 14.5. The molecule has 7 rings (SSSR count). The van der Waals surface area contributed by atoms with Gasteiger partial charge >= 0.3 is 0 Å². The summed E-state index contributed by atoms with van der Waals surface area (Å²) in [5.74, 6) is -1.84. The van der Waals surface area contributed by atoms with Crippen LogP contribution in [-0.4, -0.2) is 79.9 Å². The van der Waals surface area contributed by atoms with Gasteiger partial charge in [-0.1, -0.05) is 29.8 Å². The molecule has 53 heavy (non-hydrogen) atoms. The Morgan fingerprint density at radius 1 is 1.02 bits per heavy atom. The molecule has 272 valence electrons. The van der Waals surface area contributed by atoms with Gasteiger partial charge in [-0.3, -0.25) is 48.5 Å². The van der Waals surface area contributed by atoms with Crippen molar-refractivity contribution in [1.82, 2.24) is 30.3 Å². The number of halogens is 1. The Morgan fingerprint density at radius 2 is 1.79 bits per heavy atom. The number of benzene rings is 2. The molecule has 2 aromatic carbocycles. The third-order valence-corrected chi connectivity index (χ3v) is 11.0. The van der Waals surface area contributed by atoms with Crippen LogP contribution in [0.15, 0.2) is 47.5 Å². The van der Waals surface area contributed by atoms with Gasteiger partial charge in [0.05, 0.1) is 23.3 Å². The number of nitrogens with one attached hydrogen (secondary N) is 2. The molecule has 0 radical (unpaired) electrons. The number of fused-ring (bicyclic) bond motifs is 4. The van der Waals surface area contributed by atoms with E-state index in [9.17, 15) is 28.8 Å². The van der Waals surface area contributed by atoms with Crippen LogP contribution in [0.3, 0.4) is 0 Å². The number of carbonyl (C=O) groups excluding carboxylic acids is 6. The van der Waals surface area contributed by atoms with Crippen LogP contribution in [0.1, 0.15) is 92.1 Å². The van der Waals surface area contributed by atoms with Crippen molar-refractivity contribution in [1.29, 1.82) is 0 Å². The monoisotopic (exact) mass is 755 g/mol. The van der Waals surface area contributed by atoms with Gasteiger partial charge in [0.25, 0.3) is 11.8 Å². The molecule has 1 fully saturated rings. The molecule has 0 saturated carbocycles. The minimum atomic E-state index is -1.12. The summed E-state index contributed by atoms with van der Waals surface area (Å²) < 4.78 is 7.67. The summed E-state index contributed by atoms with van der Waals surface area (Å²) in [6, 6.07) is 10.1. The lowest BCUT2D eigenvalue weighted by Crippen LogP contribution is -2.54. The zero-order chi connectivity index (χ0) is 37.6. The van der Waals surface area contributed by atoms with Crippen LogP contribution in [-0.2, 0) is 19.2 Å². The predicted molar refractivity (Wildman–Crippen MR) is 194 cm³/mol. The quantitative estimate of drug-likeness (QED) is 0.168. The molecular weight excluding hydrogens is 722 g/mol. The molecule has 1 saturated heterocycles. The number of carbonyl (C=O) groups is 6. The molecule has 1 unspecified atom stereocenters. The number of hydrogen-bond acceptors (Lipinski definition) is 11. The third-order valence-electron chi connectivity index (χ3n) is 9.51. The van der Waals surface area contributed by atoms with Gasteiger partial charge in [0, 0.05) is 40.4 Å². The van der Waals surface area contributed by atoms with E-state index in [0.717, 1.165) is 37.2 Å². The maximum absolute atomic E-state index is 13.3. The number of piperidine rings is 1. The number of thiophene rings is 1. The fourth-order valence-electron chi connectivity index (χ4n) is 6.73. The summed E-state index contributed by atoms with van der Waals surface area (Å²) >= 11 is 7.82. The van der Waals surface area contributed by atoms with Crippen LogP contribution >= 0.6 is 22.9 Å². The molecule has 2 aromatic heterocycles. The van der Waals surface area contributed by atoms with E-state index in [-0.39, 0.29) is 67.4 Å². The van der Waals surface area contributed by atoms with Crippen LogP contribution in [0, 0.1) is 20.8 Å². The molecule has 2 N–H and O–H groups in total. The molecule has 5 heterocycles. The number of aliphatic imine (C=N–C) groups is 1. The number of Topliss-reactive ketones (excluding diaryl/α,β-unsaturated/α-hetero) is 1. The molecular formula is C37H34ClN7O7S. The standard InChI is InChI=1S/C37H34ClN7O7S/c1-18-19(2)53-37-30(18)32(21-9-11-22(38)12-10-21)40-25(33-43-42-20(3)44(33)37)16-29(48)39-15-5-6-23(46)17-52-27-8-4-7-24-31(27)36(51)45(35(24)50)26-13-14-28(47)41-34(26)49/h4,7-12,25-26H,5-6,13-17H2,1-3H3,(H,39,48)(H,41,47,49)/t25-,26?/m1/s1. The van der Waals surface area contributed by atoms with Gasteiger partial charge in [-0.15, -0.1) is 21.5 Å². The van der Waals surface area contributed by atoms with E-state index >= 15 is 0 Å². The summed E-state index contributed by atoms with van der Waals surface area (Å²) in [5.41, 5.74) is 3.68. The first kappa shape index (κ1) is 35.8. The van der Waals surface area contributed by atoms with Crippen LogP contribution in [0.25, 0.3) is 5.00 Å². The normalized spacial score (nSPS) is 17.8. The van der Waals surface area contributed by atoms with Crippen molar-refractivity contribution < 1.29 is 33.5 Å². The topological polar surface area (TPSA) is 182 Å². The largest absolute Gasteiger partial charge is 0.485 e. The van der Waals surface area contributed by atoms with E-state index in [2.05, 4.69) is 34.7 Å². The number of ether oxygens (including phenoxy) is 1. The van der Waals surface area contributed by atoms with Crippen molar-refractivity contribution in [3.63, 3.8) is 0 Å². The highest BCUT2D eigenvalue weighted by Crippen LogP contribution is 2.40. The Kier molecular flexibility index (Phi) is 9.79. The van der Waals surface area contributed by atoms with Crippen LogP contribution < -0.4 is 15.4 Å². The van der Waals surface area contributed by atoms with Gasteiger partial charge in [-0.2, -0.15) is 0 Å². The van der Waals surface area contributed by atoms with Gasteiger partial charge in [0.15, 0.2) is 11.6 Å². The van der Waals surface area contributed by atoms with Gasteiger partial charge in [-0.25, -0.2) is 0 Å². The fraction of sp³-hybridized carbons (Fsp3) is 0.324. The van der Waals surface area contributed by atoms with Crippen molar-refractivity contribution in [3.8, 4) is 10.8 Å². The molecule has 0 spiro atoms. The van der Waals surface area contributed by atoms with E-state index in [1.165, 1.54) is 18.2 Å². The van der Waals surface area contributed by atoms with Gasteiger partial charge < -0.3 is 10.1 Å². The summed E-state index contributed by atoms with van der Waals surface area (Å²) in [6.07, 6.45) is 0.438. The first-order valence-corrected chi connectivity index (χ1v) is 18.2. The number of amides is 5. The van der Waals surface area contributed by atoms with Crippen LogP contribution in [0.5, 0.6) is 5.75 Å². The average Bonchev–Trinajstić information content (AvgIpc) is 3.70. The molecule has 4 aromatic rings. The van der Waals surface area contributed by atoms with Crippen molar-refractivity contribution in [2.24, 2.45) is 4.99 Å². The summed E-state index contributed by atoms with van der Waals surface area (Å²) in [7, 11) is 0. The number of ketones is 1. The number of hydrogen-bond donors (Lipinski definition) is 2. The maximum Gasteiger partial charge on any atom is 0.266 e. The Labute approximate surface area is 312 Å². The second-order valence-electron chi connectivity index (χ2n) is 13.0. The number of rotatable bonds is 11. The van der Waals surface area contributed by atoms with Crippen molar-refractivity contribution >= 4 is 64.0 Å². The SMILES string of the molecule is Cc1sc2c(c1C)C(c1ccc(Cl)cc1)=N[C@H](CC(=O)NCCCC(=O)COc1cccc3c1C(=O)N(C1CCC(=O)NC1=O)C3=O)c1nnc(C)n1-2. The number of aryl methyl sites for hydroxylation is 2. The lowest BCUT2D eigenvalue weighted by molar-refractivity contribution is -0.136. The van der Waals surface area contributed by atoms with E-state index in [0.29, 0.717) is 23.1 Å². The molecule has 3 aliphatic heterocycles. The van der Waals surface area contributed by atoms with Crippen molar-refractivity contribution in [2.75, 3.05) is 13.2 Å². The lowest BCUT2D eigenvalue weighted by Gasteiger charge is -2.27. The van der Waals surface area contributed by atoms with Gasteiger partial charge in [0.1, 0.15) is 35.3 Å². The van der Waals surface area contributed by atoms with Crippen LogP contribution in [0.4, 0.5) is 0 Å². The van der Waals surface area contributed by atoms with Crippen LogP contribution in [0.2, 0.25) is 5.02 Å². The molecule has 0 bridgehead atoms. The summed E-state index contributed by atoms with van der Waals surface area (Å²) in [4.78, 5) is 83.5. The van der Waals surface area contributed by atoms with E-state index in [4.69, 9.17) is 21.3 Å². The Morgan fingerprint density at radius 3 is 2.55 bits per heavy atom. The number of imide groups is 2. The molecule has 3 aliphatic rings. The molecule has 2 atom stereocenters. The van der Waals surface area contributed by atoms with Crippen molar-refractivity contribution in [3.05, 3.63) is 91.8 Å². The zero-order valence-corrected chi connectivity index (χ0v) is 30.6. The zero-order valence-electron chi connectivity index (χ0n) is 29.0. The highest BCUT2D eigenvalue weighted by atomic mass is 35.5. The van der Waals surface area contributed by atoms with E-state index in [1.807, 2.05) is 35.8 Å². The third kappa shape index (κ3) is 6.77. The Bertz CT molecular complexity index is 2240. The fourth-order valence-corrected chi connectivity index (χ4v) is 8.07. The summed E-state index contributed by atoms with van der Waals surface area (Å²) in [6.45, 7) is 5.84. The van der Waals surface area contributed by atoms with Gasteiger partial charge in [-0.05, 0) is 63.4 Å². The minimum Gasteiger partial charge on any atom is -0.485 e. The molecule has 14 nitrogen and oxygen atoms in total. The maximum atomic E-state index is 13.3. The minimum absolute atomic E-state index is 0.000128. The number of nitrogens with zero attached hydrogens (tertiary/aromatic N) is 5. The highest BCUT2D eigenvalue weighted by molar-refractivity contribution is 7.15. The molecule has 0 aliphatic carbocycles. The number of aromatic nitrogens is 3. The van der Waals surface area contributed by atoms with E-state index < -0.39 is 35.7 Å². The Hall–Kier alpha value is -5.54. The van der Waals surface area contributed by atoms with E-state index in [1.54, 1.807) is 11.3 Å². The molecule has 16 heteroatoms. The van der Waals surface area contributed by atoms with Gasteiger partial charge in [0.2, 0.25) is 17.7 Å². The smallest absolute Gasteiger partial charge is 0.266 e. The second-order valence-corrected chi connectivity index (χ2v) is 14.7. The predicted octanol–water partition coefficient (Wildman–Crippen LogP) is 4.14. The average molecular weight is 756 g/mol. The lowest BCUT2D eigenvalue weighted by atomic mass is 9.99. The Balaban J connectivity index is 0.968. The first-order chi connectivity index (χ1) is 25.4. The first-order valence-electron chi connectivity index (χ1n) is 17.0. The molecule has 5 amide bonds. The highest BCUT2D eigenvalue weighted by Gasteiger charge is 2.46.